The maximum Gasteiger partial charge on any atom is 0.230 e. The molecule has 4 aliphatic rings. The van der Waals surface area contributed by atoms with E-state index in [0.29, 0.717) is 42.4 Å². The van der Waals surface area contributed by atoms with E-state index in [-0.39, 0.29) is 66.1 Å². The average molecular weight is 688 g/mol. The Bertz CT molecular complexity index is 1780. The molecule has 4 fully saturated rings. The molecule has 15 heteroatoms. The van der Waals surface area contributed by atoms with Gasteiger partial charge in [-0.15, -0.1) is 0 Å². The Hall–Kier alpha value is -4.94. The molecular formula is C35H39F2N9O4. The summed E-state index contributed by atoms with van der Waals surface area (Å²) in [6.45, 7) is 4.94. The van der Waals surface area contributed by atoms with Gasteiger partial charge < -0.3 is 29.5 Å². The lowest BCUT2D eigenvalue weighted by Crippen LogP contribution is -2.56. The highest BCUT2D eigenvalue weighted by Crippen LogP contribution is 2.30. The SMILES string of the molecule is CN1C(=O)CC[C@H]1CC(=O)N1CC[C@H](Oc2ccc(-c3ncnc(Nc4ccc(N5CCN(C6COC6)CC5)c(F)c4)n3)cc2C#N)[C@H](F)C1. The van der Waals surface area contributed by atoms with Gasteiger partial charge in [0, 0.05) is 76.3 Å². The van der Waals surface area contributed by atoms with Gasteiger partial charge in [-0.3, -0.25) is 14.5 Å². The number of alkyl halides is 1. The van der Waals surface area contributed by atoms with Crippen LogP contribution in [0.2, 0.25) is 0 Å². The Morgan fingerprint density at radius 3 is 2.60 bits per heavy atom. The molecule has 13 nitrogen and oxygen atoms in total. The van der Waals surface area contributed by atoms with Crippen molar-refractivity contribution in [2.24, 2.45) is 0 Å². The Labute approximate surface area is 288 Å². The predicted molar refractivity (Wildman–Crippen MR) is 179 cm³/mol. The average Bonchev–Trinajstić information content (AvgIpc) is 3.41. The lowest BCUT2D eigenvalue weighted by molar-refractivity contribution is -0.136. The van der Waals surface area contributed by atoms with E-state index in [1.165, 1.54) is 17.3 Å². The van der Waals surface area contributed by atoms with Gasteiger partial charge in [0.2, 0.25) is 17.8 Å². The first-order valence-electron chi connectivity index (χ1n) is 17.0. The monoisotopic (exact) mass is 687 g/mol. The number of halogens is 2. The normalized spacial score (nSPS) is 23.0. The van der Waals surface area contributed by atoms with Crippen LogP contribution >= 0.6 is 0 Å². The molecule has 7 rings (SSSR count). The van der Waals surface area contributed by atoms with Crippen LogP contribution in [0.3, 0.4) is 0 Å². The van der Waals surface area contributed by atoms with E-state index in [4.69, 9.17) is 9.47 Å². The molecule has 0 radical (unpaired) electrons. The molecule has 1 N–H and O–H groups in total. The van der Waals surface area contributed by atoms with Crippen LogP contribution in [-0.4, -0.2) is 125 Å². The number of piperidine rings is 1. The number of nitrogens with zero attached hydrogens (tertiary/aromatic N) is 8. The van der Waals surface area contributed by atoms with Gasteiger partial charge in [0.05, 0.1) is 37.1 Å². The van der Waals surface area contributed by atoms with Gasteiger partial charge in [-0.1, -0.05) is 0 Å². The van der Waals surface area contributed by atoms with E-state index >= 15 is 8.78 Å². The van der Waals surface area contributed by atoms with Gasteiger partial charge in [-0.05, 0) is 42.8 Å². The number of carbonyl (C=O) groups excluding carboxylic acids is 2. The highest BCUT2D eigenvalue weighted by atomic mass is 19.1. The largest absolute Gasteiger partial charge is 0.486 e. The van der Waals surface area contributed by atoms with Gasteiger partial charge in [0.1, 0.15) is 30.1 Å². The third-order valence-electron chi connectivity index (χ3n) is 10.1. The molecule has 0 spiro atoms. The van der Waals surface area contributed by atoms with Crippen molar-refractivity contribution in [2.45, 2.75) is 50.0 Å². The van der Waals surface area contributed by atoms with Gasteiger partial charge in [-0.2, -0.15) is 10.2 Å². The zero-order chi connectivity index (χ0) is 34.8. The molecule has 50 heavy (non-hydrogen) atoms. The third-order valence-corrected chi connectivity index (χ3v) is 10.1. The molecule has 5 heterocycles. The molecule has 1 aromatic heterocycles. The molecule has 0 saturated carbocycles. The van der Waals surface area contributed by atoms with Crippen LogP contribution in [-0.2, 0) is 14.3 Å². The molecule has 0 bridgehead atoms. The molecule has 4 aliphatic heterocycles. The number of anilines is 3. The zero-order valence-corrected chi connectivity index (χ0v) is 27.8. The lowest BCUT2D eigenvalue weighted by atomic mass is 10.0. The van der Waals surface area contributed by atoms with Crippen LogP contribution in [0.25, 0.3) is 11.4 Å². The Morgan fingerprint density at radius 1 is 1.10 bits per heavy atom. The van der Waals surface area contributed by atoms with Crippen LogP contribution < -0.4 is 15.0 Å². The number of nitrogens with one attached hydrogen (secondary N) is 1. The highest BCUT2D eigenvalue weighted by Gasteiger charge is 2.36. The van der Waals surface area contributed by atoms with E-state index < -0.39 is 12.3 Å². The minimum Gasteiger partial charge on any atom is -0.486 e. The van der Waals surface area contributed by atoms with Crippen LogP contribution in [0.15, 0.2) is 42.7 Å². The lowest BCUT2D eigenvalue weighted by Gasteiger charge is -2.43. The zero-order valence-electron chi connectivity index (χ0n) is 27.8. The Kier molecular flexibility index (Phi) is 9.73. The van der Waals surface area contributed by atoms with Crippen molar-refractivity contribution in [1.29, 1.82) is 5.26 Å². The molecule has 3 aromatic rings. The van der Waals surface area contributed by atoms with Crippen molar-refractivity contribution in [1.82, 2.24) is 29.7 Å². The number of rotatable bonds is 9. The van der Waals surface area contributed by atoms with E-state index in [9.17, 15) is 14.9 Å². The van der Waals surface area contributed by atoms with Crippen LogP contribution in [0, 0.1) is 17.1 Å². The molecular weight excluding hydrogens is 648 g/mol. The van der Waals surface area contributed by atoms with E-state index in [1.807, 2.05) is 0 Å². The number of hydrogen-bond donors (Lipinski definition) is 1. The fourth-order valence-electron chi connectivity index (χ4n) is 6.93. The number of benzene rings is 2. The molecule has 2 aromatic carbocycles. The quantitative estimate of drug-likeness (QED) is 0.355. The Morgan fingerprint density at radius 2 is 1.92 bits per heavy atom. The van der Waals surface area contributed by atoms with E-state index in [2.05, 4.69) is 36.1 Å². The van der Waals surface area contributed by atoms with E-state index in [1.54, 1.807) is 42.3 Å². The topological polar surface area (TPSA) is 140 Å². The van der Waals surface area contributed by atoms with Crippen molar-refractivity contribution in [2.75, 3.05) is 69.7 Å². The van der Waals surface area contributed by atoms with Gasteiger partial charge in [0.15, 0.2) is 12.0 Å². The summed E-state index contributed by atoms with van der Waals surface area (Å²) < 4.78 is 41.7. The fourth-order valence-corrected chi connectivity index (χ4v) is 6.93. The van der Waals surface area contributed by atoms with Crippen molar-refractivity contribution in [3.63, 3.8) is 0 Å². The molecule has 4 saturated heterocycles. The van der Waals surface area contributed by atoms with Gasteiger partial charge in [-0.25, -0.2) is 18.7 Å². The van der Waals surface area contributed by atoms with Crippen molar-refractivity contribution in [3.05, 3.63) is 54.1 Å². The maximum absolute atomic E-state index is 15.3. The first-order valence-corrected chi connectivity index (χ1v) is 17.0. The summed E-state index contributed by atoms with van der Waals surface area (Å²) in [5.74, 6) is 0.186. The Balaban J connectivity index is 0.955. The molecule has 0 unspecified atom stereocenters. The van der Waals surface area contributed by atoms with Gasteiger partial charge >= 0.3 is 0 Å². The standard InChI is InChI=1S/C35H39F2N9O4/c1-43-25(4-7-32(43)47)16-33(48)46-9-8-31(28(37)18-46)50-30-6-2-22(14-23(30)17-38)34-39-21-40-35(42-34)41-24-3-5-29(27(36)15-24)45-12-10-44(11-13-45)26-19-49-20-26/h2-3,5-6,14-15,21,25-26,28,31H,4,7-13,16,18-20H2,1H3,(H,39,40,41,42)/t25-,28+,31-/m0/s1. The smallest absolute Gasteiger partial charge is 0.230 e. The maximum atomic E-state index is 15.3. The van der Waals surface area contributed by atoms with Crippen molar-refractivity contribution < 1.29 is 27.8 Å². The summed E-state index contributed by atoms with van der Waals surface area (Å²) in [7, 11) is 1.69. The molecule has 2 amide bonds. The summed E-state index contributed by atoms with van der Waals surface area (Å²) in [5, 5.41) is 12.9. The minimum atomic E-state index is -1.45. The summed E-state index contributed by atoms with van der Waals surface area (Å²) in [4.78, 5) is 45.1. The van der Waals surface area contributed by atoms with Gasteiger partial charge in [0.25, 0.3) is 0 Å². The second-order valence-electron chi connectivity index (χ2n) is 13.2. The highest BCUT2D eigenvalue weighted by molar-refractivity contribution is 5.82. The number of likely N-dealkylation sites (tertiary alicyclic amines) is 2. The van der Waals surface area contributed by atoms with Crippen LogP contribution in [0.4, 0.5) is 26.1 Å². The summed E-state index contributed by atoms with van der Waals surface area (Å²) >= 11 is 0. The molecule has 0 aliphatic carbocycles. The third kappa shape index (κ3) is 7.17. The number of carbonyl (C=O) groups is 2. The fraction of sp³-hybridized carbons (Fsp3) is 0.486. The second-order valence-corrected chi connectivity index (χ2v) is 13.2. The van der Waals surface area contributed by atoms with E-state index in [0.717, 1.165) is 39.4 Å². The van der Waals surface area contributed by atoms with Crippen LogP contribution in [0.1, 0.15) is 31.2 Å². The number of aromatic nitrogens is 3. The number of amides is 2. The minimum absolute atomic E-state index is 0.0170. The summed E-state index contributed by atoms with van der Waals surface area (Å²) in [6.07, 6.45) is 0.522. The molecule has 3 atom stereocenters. The predicted octanol–water partition coefficient (Wildman–Crippen LogP) is 3.14. The summed E-state index contributed by atoms with van der Waals surface area (Å²) in [6, 6.07) is 12.2. The number of nitriles is 1. The van der Waals surface area contributed by atoms with Crippen molar-refractivity contribution >= 4 is 29.1 Å². The first-order chi connectivity index (χ1) is 24.2. The first kappa shape index (κ1) is 33.6. The summed E-state index contributed by atoms with van der Waals surface area (Å²) in [5.41, 5.74) is 1.72. The second kappa shape index (κ2) is 14.5. The number of hydrogen-bond acceptors (Lipinski definition) is 11. The number of piperazine rings is 1. The molecule has 262 valence electrons. The van der Waals surface area contributed by atoms with Crippen molar-refractivity contribution in [3.8, 4) is 23.2 Å². The number of ether oxygens (including phenoxy) is 2. The van der Waals surface area contributed by atoms with Crippen LogP contribution in [0.5, 0.6) is 5.75 Å².